The predicted molar refractivity (Wildman–Crippen MR) is 66.7 cm³/mol. The highest BCUT2D eigenvalue weighted by atomic mass is 32.1. The number of H-pyrrole nitrogens is 1. The van der Waals surface area contributed by atoms with Crippen LogP contribution in [0.25, 0.3) is 5.69 Å². The second-order valence-electron chi connectivity index (χ2n) is 3.94. The van der Waals surface area contributed by atoms with Gasteiger partial charge in [-0.3, -0.25) is 5.10 Å². The molecular weight excluding hydrogens is 277 g/mol. The molecule has 0 spiro atoms. The largest absolute Gasteiger partial charge is 0.416 e. The summed E-state index contributed by atoms with van der Waals surface area (Å²) in [4.78, 5) is 0. The Labute approximate surface area is 112 Å². The molecule has 0 bridgehead atoms. The molecule has 1 aromatic carbocycles. The van der Waals surface area contributed by atoms with E-state index in [1.807, 2.05) is 0 Å². The molecule has 102 valence electrons. The molecule has 1 aromatic heterocycles. The molecule has 2 aromatic rings. The number of rotatable bonds is 3. The van der Waals surface area contributed by atoms with Gasteiger partial charge in [0.2, 0.25) is 0 Å². The first-order valence-corrected chi connectivity index (χ1v) is 5.80. The van der Waals surface area contributed by atoms with Gasteiger partial charge in [0, 0.05) is 7.11 Å². The molecule has 1 heterocycles. The van der Waals surface area contributed by atoms with E-state index < -0.39 is 11.7 Å². The van der Waals surface area contributed by atoms with E-state index in [0.717, 1.165) is 12.1 Å². The maximum absolute atomic E-state index is 12.6. The van der Waals surface area contributed by atoms with Gasteiger partial charge in [-0.25, -0.2) is 4.68 Å². The Morgan fingerprint density at radius 3 is 2.68 bits per heavy atom. The van der Waals surface area contributed by atoms with Gasteiger partial charge in [-0.05, 0) is 24.3 Å². The molecule has 2 rings (SSSR count). The van der Waals surface area contributed by atoms with E-state index in [9.17, 15) is 13.2 Å². The van der Waals surface area contributed by atoms with Crippen molar-refractivity contribution in [2.24, 2.45) is 0 Å². The highest BCUT2D eigenvalue weighted by Gasteiger charge is 2.30. The average molecular weight is 288 g/mol. The van der Waals surface area contributed by atoms with Crippen molar-refractivity contribution in [1.82, 2.24) is 9.78 Å². The van der Waals surface area contributed by atoms with Crippen LogP contribution in [0.1, 0.15) is 11.3 Å². The van der Waals surface area contributed by atoms with Gasteiger partial charge in [0.15, 0.2) is 0 Å². The number of ether oxygens (including phenoxy) is 1. The third-order valence-electron chi connectivity index (χ3n) is 2.51. The maximum atomic E-state index is 12.6. The van der Waals surface area contributed by atoms with Gasteiger partial charge in [0.1, 0.15) is 4.64 Å². The van der Waals surface area contributed by atoms with Crippen LogP contribution in [0.2, 0.25) is 0 Å². The highest BCUT2D eigenvalue weighted by Crippen LogP contribution is 2.30. The Balaban J connectivity index is 2.45. The normalized spacial score (nSPS) is 11.8. The quantitative estimate of drug-likeness (QED) is 0.873. The lowest BCUT2D eigenvalue weighted by Gasteiger charge is -2.09. The van der Waals surface area contributed by atoms with Crippen molar-refractivity contribution in [1.29, 1.82) is 0 Å². The molecule has 0 aliphatic heterocycles. The van der Waals surface area contributed by atoms with Crippen LogP contribution in [0.4, 0.5) is 13.2 Å². The number of nitrogens with zero attached hydrogens (tertiary/aromatic N) is 1. The van der Waals surface area contributed by atoms with Gasteiger partial charge in [0.05, 0.1) is 23.6 Å². The summed E-state index contributed by atoms with van der Waals surface area (Å²) in [5.41, 5.74) is 0.321. The number of nitrogens with one attached hydrogen (secondary N) is 1. The fraction of sp³-hybridized carbons (Fsp3) is 0.250. The smallest absolute Gasteiger partial charge is 0.378 e. The third-order valence-corrected chi connectivity index (χ3v) is 2.81. The topological polar surface area (TPSA) is 29.9 Å². The van der Waals surface area contributed by atoms with Gasteiger partial charge in [-0.15, -0.1) is 0 Å². The van der Waals surface area contributed by atoms with Crippen molar-refractivity contribution in [3.63, 3.8) is 0 Å². The SMILES string of the molecule is COCc1cc(=S)n(-c2cccc(C(F)(F)F)c2)[nH]1. The lowest BCUT2D eigenvalue weighted by molar-refractivity contribution is -0.137. The van der Waals surface area contributed by atoms with Crippen molar-refractivity contribution >= 4 is 12.2 Å². The van der Waals surface area contributed by atoms with E-state index in [2.05, 4.69) is 5.10 Å². The van der Waals surface area contributed by atoms with Gasteiger partial charge < -0.3 is 4.74 Å². The van der Waals surface area contributed by atoms with Crippen molar-refractivity contribution in [2.75, 3.05) is 7.11 Å². The zero-order valence-corrected chi connectivity index (χ0v) is 10.8. The fourth-order valence-corrected chi connectivity index (χ4v) is 1.98. The molecule has 0 saturated carbocycles. The lowest BCUT2D eigenvalue weighted by atomic mass is 10.2. The Morgan fingerprint density at radius 1 is 1.32 bits per heavy atom. The second kappa shape index (κ2) is 5.18. The summed E-state index contributed by atoms with van der Waals surface area (Å²) in [5, 5.41) is 2.90. The number of halogens is 3. The maximum Gasteiger partial charge on any atom is 0.416 e. The molecule has 0 radical (unpaired) electrons. The van der Waals surface area contributed by atoms with Crippen molar-refractivity contribution in [3.8, 4) is 5.69 Å². The molecule has 19 heavy (non-hydrogen) atoms. The summed E-state index contributed by atoms with van der Waals surface area (Å²) in [7, 11) is 1.53. The van der Waals surface area contributed by atoms with E-state index in [0.29, 0.717) is 22.6 Å². The monoisotopic (exact) mass is 288 g/mol. The Kier molecular flexibility index (Phi) is 3.77. The average Bonchev–Trinajstić information content (AvgIpc) is 2.70. The number of methoxy groups -OCH3 is 1. The van der Waals surface area contributed by atoms with Crippen LogP contribution in [-0.4, -0.2) is 16.9 Å². The van der Waals surface area contributed by atoms with Crippen LogP contribution < -0.4 is 0 Å². The molecule has 0 atom stereocenters. The van der Waals surface area contributed by atoms with E-state index >= 15 is 0 Å². The standard InChI is InChI=1S/C12H11F3N2OS/c1-18-7-9-6-11(19)17(16-9)10-4-2-3-8(5-10)12(13,14)15/h2-6,16H,7H2,1H3. The van der Waals surface area contributed by atoms with Gasteiger partial charge in [0.25, 0.3) is 0 Å². The van der Waals surface area contributed by atoms with Gasteiger partial charge in [-0.1, -0.05) is 18.3 Å². The second-order valence-corrected chi connectivity index (χ2v) is 4.35. The van der Waals surface area contributed by atoms with Crippen molar-refractivity contribution < 1.29 is 17.9 Å². The molecule has 3 nitrogen and oxygen atoms in total. The Morgan fingerprint density at radius 2 is 2.05 bits per heavy atom. The number of aromatic amines is 1. The first kappa shape index (κ1) is 13.8. The number of alkyl halides is 3. The molecule has 0 aliphatic carbocycles. The summed E-state index contributed by atoms with van der Waals surface area (Å²) in [6.45, 7) is 0.315. The van der Waals surface area contributed by atoms with Crippen LogP contribution in [0.15, 0.2) is 30.3 Å². The molecule has 0 saturated heterocycles. The summed E-state index contributed by atoms with van der Waals surface area (Å²) in [5.74, 6) is 0. The number of benzene rings is 1. The zero-order valence-electron chi connectivity index (χ0n) is 9.99. The molecule has 0 unspecified atom stereocenters. The van der Waals surface area contributed by atoms with Crippen LogP contribution >= 0.6 is 12.2 Å². The Bertz CT molecular complexity index is 630. The van der Waals surface area contributed by atoms with Crippen LogP contribution in [0.5, 0.6) is 0 Å². The fourth-order valence-electron chi connectivity index (χ4n) is 1.69. The Hall–Kier alpha value is -1.60. The van der Waals surface area contributed by atoms with E-state index in [1.165, 1.54) is 17.9 Å². The van der Waals surface area contributed by atoms with Crippen LogP contribution in [0, 0.1) is 4.64 Å². The summed E-state index contributed by atoms with van der Waals surface area (Å²) in [6, 6.07) is 6.61. The molecule has 1 N–H and O–H groups in total. The summed E-state index contributed by atoms with van der Waals surface area (Å²) >= 11 is 5.10. The zero-order chi connectivity index (χ0) is 14.0. The lowest BCUT2D eigenvalue weighted by Crippen LogP contribution is -2.06. The first-order chi connectivity index (χ1) is 8.91. The minimum Gasteiger partial charge on any atom is -0.378 e. The van der Waals surface area contributed by atoms with E-state index in [-0.39, 0.29) is 0 Å². The molecule has 0 fully saturated rings. The third kappa shape index (κ3) is 3.05. The van der Waals surface area contributed by atoms with Crippen LogP contribution in [0.3, 0.4) is 0 Å². The highest BCUT2D eigenvalue weighted by molar-refractivity contribution is 7.71. The summed E-state index contributed by atoms with van der Waals surface area (Å²) in [6.07, 6.45) is -4.37. The van der Waals surface area contributed by atoms with Crippen molar-refractivity contribution in [2.45, 2.75) is 12.8 Å². The minimum atomic E-state index is -4.37. The molecule has 0 amide bonds. The number of hydrogen-bond acceptors (Lipinski definition) is 2. The first-order valence-electron chi connectivity index (χ1n) is 5.39. The predicted octanol–water partition coefficient (Wildman–Crippen LogP) is 3.70. The van der Waals surface area contributed by atoms with Gasteiger partial charge in [-0.2, -0.15) is 13.2 Å². The van der Waals surface area contributed by atoms with E-state index in [1.54, 1.807) is 12.1 Å². The molecular formula is C12H11F3N2OS. The molecule has 0 aliphatic rings. The number of hydrogen-bond donors (Lipinski definition) is 1. The van der Waals surface area contributed by atoms with E-state index in [4.69, 9.17) is 17.0 Å². The number of aromatic nitrogens is 2. The van der Waals surface area contributed by atoms with Crippen LogP contribution in [-0.2, 0) is 17.5 Å². The van der Waals surface area contributed by atoms with Crippen molar-refractivity contribution in [3.05, 3.63) is 46.2 Å². The van der Waals surface area contributed by atoms with Gasteiger partial charge >= 0.3 is 6.18 Å². The molecule has 7 heteroatoms. The summed E-state index contributed by atoms with van der Waals surface area (Å²) < 4.78 is 44.7. The minimum absolute atomic E-state index is 0.315.